The number of aryl methyl sites for hydroxylation is 1. The second kappa shape index (κ2) is 4.24. The fraction of sp³-hybridized carbons (Fsp3) is 0.545. The van der Waals surface area contributed by atoms with Gasteiger partial charge in [0.25, 0.3) is 0 Å². The fourth-order valence-corrected chi connectivity index (χ4v) is 2.78. The predicted octanol–water partition coefficient (Wildman–Crippen LogP) is 2.24. The van der Waals surface area contributed by atoms with Crippen molar-refractivity contribution >= 4 is 17.1 Å². The number of carbonyl (C=O) groups is 1. The van der Waals surface area contributed by atoms with Crippen LogP contribution in [0.15, 0.2) is 11.4 Å². The molecule has 0 radical (unpaired) electrons. The van der Waals surface area contributed by atoms with Crippen LogP contribution in [0.1, 0.15) is 28.1 Å². The number of thiophene rings is 1. The Hall–Kier alpha value is -0.670. The molecule has 1 saturated heterocycles. The molecule has 1 aliphatic rings. The third kappa shape index (κ3) is 2.04. The van der Waals surface area contributed by atoms with Gasteiger partial charge in [-0.3, -0.25) is 4.79 Å². The molecule has 0 saturated carbocycles. The quantitative estimate of drug-likeness (QED) is 0.773. The fourth-order valence-electron chi connectivity index (χ4n) is 1.90. The molecule has 0 spiro atoms. The average molecular weight is 209 g/mol. The van der Waals surface area contributed by atoms with E-state index < -0.39 is 0 Å². The van der Waals surface area contributed by atoms with Crippen molar-refractivity contribution in [2.75, 3.05) is 13.1 Å². The zero-order chi connectivity index (χ0) is 9.97. The van der Waals surface area contributed by atoms with E-state index in [1.165, 1.54) is 0 Å². The maximum absolute atomic E-state index is 11.9. The molecular weight excluding hydrogens is 194 g/mol. The number of ketones is 1. The van der Waals surface area contributed by atoms with Crippen molar-refractivity contribution in [1.29, 1.82) is 0 Å². The molecule has 1 unspecified atom stereocenters. The summed E-state index contributed by atoms with van der Waals surface area (Å²) in [5, 5.41) is 5.28. The second-order valence-corrected chi connectivity index (χ2v) is 4.83. The van der Waals surface area contributed by atoms with Crippen LogP contribution in [0, 0.1) is 12.8 Å². The average Bonchev–Trinajstić information content (AvgIpc) is 2.75. The third-order valence-corrected chi connectivity index (χ3v) is 3.81. The lowest BCUT2D eigenvalue weighted by Crippen LogP contribution is -2.12. The summed E-state index contributed by atoms with van der Waals surface area (Å²) < 4.78 is 0. The van der Waals surface area contributed by atoms with Gasteiger partial charge in [-0.1, -0.05) is 0 Å². The van der Waals surface area contributed by atoms with E-state index in [2.05, 4.69) is 5.32 Å². The molecule has 1 N–H and O–H groups in total. The normalized spacial score (nSPS) is 21.4. The largest absolute Gasteiger partial charge is 0.316 e. The summed E-state index contributed by atoms with van der Waals surface area (Å²) in [4.78, 5) is 12.8. The highest BCUT2D eigenvalue weighted by Crippen LogP contribution is 2.21. The van der Waals surface area contributed by atoms with Gasteiger partial charge in [0.15, 0.2) is 5.78 Å². The SMILES string of the molecule is Cc1ccsc1C(=O)CC1CCNC1. The van der Waals surface area contributed by atoms with E-state index in [9.17, 15) is 4.79 Å². The van der Waals surface area contributed by atoms with Crippen LogP contribution in [-0.2, 0) is 0 Å². The smallest absolute Gasteiger partial charge is 0.173 e. The molecule has 3 heteroatoms. The Morgan fingerprint density at radius 3 is 3.14 bits per heavy atom. The molecule has 76 valence electrons. The van der Waals surface area contributed by atoms with Crippen LogP contribution in [0.3, 0.4) is 0 Å². The van der Waals surface area contributed by atoms with E-state index in [0.717, 1.165) is 30.0 Å². The first-order chi connectivity index (χ1) is 6.77. The van der Waals surface area contributed by atoms with Crippen LogP contribution < -0.4 is 5.32 Å². The van der Waals surface area contributed by atoms with Crippen molar-refractivity contribution < 1.29 is 4.79 Å². The van der Waals surface area contributed by atoms with Gasteiger partial charge in [0.05, 0.1) is 4.88 Å². The zero-order valence-electron chi connectivity index (χ0n) is 8.38. The first-order valence-electron chi connectivity index (χ1n) is 5.05. The van der Waals surface area contributed by atoms with Gasteiger partial charge in [-0.2, -0.15) is 0 Å². The summed E-state index contributed by atoms with van der Waals surface area (Å²) in [5.74, 6) is 0.884. The van der Waals surface area contributed by atoms with Crippen LogP contribution in [0.2, 0.25) is 0 Å². The van der Waals surface area contributed by atoms with Crippen LogP contribution in [0.25, 0.3) is 0 Å². The highest BCUT2D eigenvalue weighted by atomic mass is 32.1. The molecule has 14 heavy (non-hydrogen) atoms. The minimum Gasteiger partial charge on any atom is -0.316 e. The topological polar surface area (TPSA) is 29.1 Å². The molecule has 0 aromatic carbocycles. The second-order valence-electron chi connectivity index (χ2n) is 3.92. The highest BCUT2D eigenvalue weighted by molar-refractivity contribution is 7.12. The molecule has 2 rings (SSSR count). The van der Waals surface area contributed by atoms with E-state index in [1.54, 1.807) is 11.3 Å². The molecule has 0 bridgehead atoms. The molecule has 2 nitrogen and oxygen atoms in total. The number of hydrogen-bond acceptors (Lipinski definition) is 3. The van der Waals surface area contributed by atoms with Gasteiger partial charge in [0.1, 0.15) is 0 Å². The molecular formula is C11H15NOS. The van der Waals surface area contributed by atoms with Gasteiger partial charge in [0, 0.05) is 6.42 Å². The number of nitrogens with one attached hydrogen (secondary N) is 1. The molecule has 1 aliphatic heterocycles. The standard InChI is InChI=1S/C11H15NOS/c1-8-3-5-14-11(8)10(13)6-9-2-4-12-7-9/h3,5,9,12H,2,4,6-7H2,1H3. The Morgan fingerprint density at radius 1 is 1.71 bits per heavy atom. The molecule has 1 fully saturated rings. The van der Waals surface area contributed by atoms with Crippen molar-refractivity contribution in [3.05, 3.63) is 21.9 Å². The molecule has 1 aromatic rings. The lowest BCUT2D eigenvalue weighted by molar-refractivity contribution is 0.0968. The van der Waals surface area contributed by atoms with E-state index >= 15 is 0 Å². The van der Waals surface area contributed by atoms with Gasteiger partial charge in [0.2, 0.25) is 0 Å². The van der Waals surface area contributed by atoms with Crippen LogP contribution in [-0.4, -0.2) is 18.9 Å². The number of hydrogen-bond donors (Lipinski definition) is 1. The predicted molar refractivity (Wildman–Crippen MR) is 59.0 cm³/mol. The van der Waals surface area contributed by atoms with E-state index in [4.69, 9.17) is 0 Å². The van der Waals surface area contributed by atoms with Crippen molar-refractivity contribution in [2.24, 2.45) is 5.92 Å². The Labute approximate surface area is 88.3 Å². The summed E-state index contributed by atoms with van der Waals surface area (Å²) >= 11 is 1.57. The Morgan fingerprint density at radius 2 is 2.57 bits per heavy atom. The highest BCUT2D eigenvalue weighted by Gasteiger charge is 2.20. The van der Waals surface area contributed by atoms with Gasteiger partial charge in [-0.15, -0.1) is 11.3 Å². The Kier molecular flexibility index (Phi) is 2.99. The van der Waals surface area contributed by atoms with Crippen LogP contribution >= 0.6 is 11.3 Å². The van der Waals surface area contributed by atoms with E-state index in [-0.39, 0.29) is 0 Å². The van der Waals surface area contributed by atoms with Gasteiger partial charge in [-0.05, 0) is 49.4 Å². The molecule has 0 amide bonds. The minimum atomic E-state index is 0.325. The van der Waals surface area contributed by atoms with Gasteiger partial charge >= 0.3 is 0 Å². The first-order valence-corrected chi connectivity index (χ1v) is 5.93. The minimum absolute atomic E-state index is 0.325. The number of rotatable bonds is 3. The molecule has 2 heterocycles. The van der Waals surface area contributed by atoms with Crippen molar-refractivity contribution in [2.45, 2.75) is 19.8 Å². The van der Waals surface area contributed by atoms with E-state index in [1.807, 2.05) is 18.4 Å². The summed E-state index contributed by atoms with van der Waals surface area (Å²) in [7, 11) is 0. The van der Waals surface area contributed by atoms with Gasteiger partial charge < -0.3 is 5.32 Å². The van der Waals surface area contributed by atoms with Crippen molar-refractivity contribution in [1.82, 2.24) is 5.32 Å². The first kappa shape index (κ1) is 9.87. The number of carbonyl (C=O) groups excluding carboxylic acids is 1. The Balaban J connectivity index is 1.98. The third-order valence-electron chi connectivity index (χ3n) is 2.75. The monoisotopic (exact) mass is 209 g/mol. The van der Waals surface area contributed by atoms with Crippen LogP contribution in [0.5, 0.6) is 0 Å². The maximum atomic E-state index is 11.9. The summed E-state index contributed by atoms with van der Waals surface area (Å²) in [5.41, 5.74) is 1.13. The van der Waals surface area contributed by atoms with Gasteiger partial charge in [-0.25, -0.2) is 0 Å². The van der Waals surface area contributed by atoms with Crippen molar-refractivity contribution in [3.63, 3.8) is 0 Å². The number of Topliss-reactive ketones (excluding diaryl/α,β-unsaturated/α-hetero) is 1. The maximum Gasteiger partial charge on any atom is 0.173 e. The molecule has 1 atom stereocenters. The molecule has 1 aromatic heterocycles. The Bertz CT molecular complexity index is 326. The van der Waals surface area contributed by atoms with Crippen LogP contribution in [0.4, 0.5) is 0 Å². The lowest BCUT2D eigenvalue weighted by atomic mass is 10.0. The van der Waals surface area contributed by atoms with E-state index in [0.29, 0.717) is 18.1 Å². The lowest BCUT2D eigenvalue weighted by Gasteiger charge is -2.05. The zero-order valence-corrected chi connectivity index (χ0v) is 9.19. The summed E-state index contributed by atoms with van der Waals surface area (Å²) in [6.07, 6.45) is 1.87. The summed E-state index contributed by atoms with van der Waals surface area (Å²) in [6.45, 7) is 4.09. The summed E-state index contributed by atoms with van der Waals surface area (Å²) in [6, 6.07) is 2.02. The van der Waals surface area contributed by atoms with Crippen molar-refractivity contribution in [3.8, 4) is 0 Å². The molecule has 0 aliphatic carbocycles.